The average molecular weight is 486 g/mol. The number of carbonyl (C=O) groups excluding carboxylic acids is 4. The van der Waals surface area contributed by atoms with E-state index in [1.807, 2.05) is 13.8 Å². The number of nitrogens with two attached hydrogens (primary N) is 4. The van der Waals surface area contributed by atoms with Crippen LogP contribution < -0.4 is 38.9 Å². The maximum absolute atomic E-state index is 13.1. The first-order valence-electron chi connectivity index (χ1n) is 12.3. The molecule has 0 bridgehead atoms. The third-order valence-electron chi connectivity index (χ3n) is 5.50. The summed E-state index contributed by atoms with van der Waals surface area (Å²) in [6, 6.07) is -3.37. The molecule has 0 saturated carbocycles. The molecule has 4 atom stereocenters. The number of unbranched alkanes of at least 4 members (excludes halogenated alkanes) is 2. The lowest BCUT2D eigenvalue weighted by atomic mass is 9.99. The smallest absolute Gasteiger partial charge is 0.243 e. The number of hydrogen-bond acceptors (Lipinski definition) is 7. The molecule has 0 aromatic carbocycles. The lowest BCUT2D eigenvalue weighted by Crippen LogP contribution is -2.59. The van der Waals surface area contributed by atoms with Gasteiger partial charge in [0, 0.05) is 0 Å². The van der Waals surface area contributed by atoms with E-state index in [-0.39, 0.29) is 11.8 Å². The van der Waals surface area contributed by atoms with Gasteiger partial charge < -0.3 is 38.9 Å². The van der Waals surface area contributed by atoms with E-state index >= 15 is 0 Å². The monoisotopic (exact) mass is 485 g/mol. The summed E-state index contributed by atoms with van der Waals surface area (Å²) in [4.78, 5) is 50.3. The van der Waals surface area contributed by atoms with Crippen LogP contribution in [0.2, 0.25) is 0 Å². The second kappa shape index (κ2) is 17.2. The van der Waals surface area contributed by atoms with E-state index in [1.54, 1.807) is 13.8 Å². The van der Waals surface area contributed by atoms with Crippen LogP contribution in [0.5, 0.6) is 0 Å². The van der Waals surface area contributed by atoms with Crippen molar-refractivity contribution in [3.8, 4) is 0 Å². The number of nitrogens with one attached hydrogen (secondary N) is 3. The van der Waals surface area contributed by atoms with Gasteiger partial charge in [-0.25, -0.2) is 0 Å². The van der Waals surface area contributed by atoms with E-state index in [2.05, 4.69) is 16.0 Å². The lowest BCUT2D eigenvalue weighted by Gasteiger charge is -2.27. The van der Waals surface area contributed by atoms with Gasteiger partial charge in [-0.3, -0.25) is 19.2 Å². The molecule has 11 heteroatoms. The van der Waals surface area contributed by atoms with Crippen LogP contribution in [0.4, 0.5) is 0 Å². The van der Waals surface area contributed by atoms with E-state index in [9.17, 15) is 19.2 Å². The van der Waals surface area contributed by atoms with Crippen molar-refractivity contribution in [2.24, 2.45) is 34.8 Å². The van der Waals surface area contributed by atoms with Crippen LogP contribution in [0.15, 0.2) is 0 Å². The number of carbonyl (C=O) groups is 4. The molecule has 198 valence electrons. The number of primary amides is 1. The Morgan fingerprint density at radius 1 is 0.706 bits per heavy atom. The van der Waals surface area contributed by atoms with Gasteiger partial charge in [-0.2, -0.15) is 0 Å². The minimum absolute atomic E-state index is 0.140. The molecular formula is C23H47N7O4. The fourth-order valence-corrected chi connectivity index (χ4v) is 3.45. The molecule has 0 spiro atoms. The molecule has 0 rings (SSSR count). The van der Waals surface area contributed by atoms with Gasteiger partial charge in [0.15, 0.2) is 0 Å². The van der Waals surface area contributed by atoms with Crippen LogP contribution in [0.3, 0.4) is 0 Å². The molecule has 0 unspecified atom stereocenters. The van der Waals surface area contributed by atoms with Crippen LogP contribution in [-0.2, 0) is 19.2 Å². The topological polar surface area (TPSA) is 208 Å². The van der Waals surface area contributed by atoms with Crippen molar-refractivity contribution >= 4 is 23.6 Å². The Morgan fingerprint density at radius 3 is 1.71 bits per heavy atom. The predicted molar refractivity (Wildman–Crippen MR) is 133 cm³/mol. The molecule has 0 fully saturated rings. The van der Waals surface area contributed by atoms with Crippen molar-refractivity contribution in [1.82, 2.24) is 16.0 Å². The average Bonchev–Trinajstić information content (AvgIpc) is 2.75. The van der Waals surface area contributed by atoms with E-state index < -0.39 is 47.8 Å². The highest BCUT2D eigenvalue weighted by atomic mass is 16.2. The first kappa shape index (κ1) is 31.8. The van der Waals surface area contributed by atoms with Crippen molar-refractivity contribution in [3.63, 3.8) is 0 Å². The summed E-state index contributed by atoms with van der Waals surface area (Å²) in [6.45, 7) is 8.37. The minimum Gasteiger partial charge on any atom is -0.368 e. The van der Waals surface area contributed by atoms with E-state index in [1.165, 1.54) is 0 Å². The van der Waals surface area contributed by atoms with E-state index in [4.69, 9.17) is 22.9 Å². The molecule has 11 nitrogen and oxygen atoms in total. The summed E-state index contributed by atoms with van der Waals surface area (Å²) < 4.78 is 0. The van der Waals surface area contributed by atoms with Crippen LogP contribution >= 0.6 is 0 Å². The molecule has 0 aliphatic rings. The zero-order chi connectivity index (χ0) is 26.3. The van der Waals surface area contributed by atoms with Crippen LogP contribution in [0.1, 0.15) is 72.6 Å². The van der Waals surface area contributed by atoms with Gasteiger partial charge in [0.1, 0.15) is 18.1 Å². The Balaban J connectivity index is 5.35. The molecule has 0 aromatic rings. The maximum atomic E-state index is 13.1. The lowest BCUT2D eigenvalue weighted by molar-refractivity contribution is -0.134. The van der Waals surface area contributed by atoms with Crippen molar-refractivity contribution in [2.75, 3.05) is 13.1 Å². The predicted octanol–water partition coefficient (Wildman–Crippen LogP) is -0.786. The van der Waals surface area contributed by atoms with Crippen LogP contribution in [0, 0.1) is 11.8 Å². The Hall–Kier alpha value is -2.24. The highest BCUT2D eigenvalue weighted by Gasteiger charge is 2.31. The normalized spacial score (nSPS) is 14.9. The summed E-state index contributed by atoms with van der Waals surface area (Å²) in [6.07, 6.45) is 3.98. The second-order valence-electron chi connectivity index (χ2n) is 9.56. The molecule has 0 heterocycles. The third-order valence-corrected chi connectivity index (χ3v) is 5.50. The quantitative estimate of drug-likeness (QED) is 0.123. The van der Waals surface area contributed by atoms with Crippen LogP contribution in [-0.4, -0.2) is 60.9 Å². The second-order valence-corrected chi connectivity index (χ2v) is 9.56. The maximum Gasteiger partial charge on any atom is 0.243 e. The Morgan fingerprint density at radius 2 is 1.24 bits per heavy atom. The van der Waals surface area contributed by atoms with Crippen molar-refractivity contribution < 1.29 is 19.2 Å². The minimum atomic E-state index is -0.909. The fourth-order valence-electron chi connectivity index (χ4n) is 3.45. The van der Waals surface area contributed by atoms with Gasteiger partial charge in [0.2, 0.25) is 23.6 Å². The Labute approximate surface area is 203 Å². The van der Waals surface area contributed by atoms with Crippen LogP contribution in [0.25, 0.3) is 0 Å². The third kappa shape index (κ3) is 12.9. The van der Waals surface area contributed by atoms with Gasteiger partial charge in [-0.1, -0.05) is 34.1 Å². The Kier molecular flexibility index (Phi) is 16.1. The molecule has 0 saturated heterocycles. The summed E-state index contributed by atoms with van der Waals surface area (Å²) >= 11 is 0. The van der Waals surface area contributed by atoms with E-state index in [0.717, 1.165) is 6.42 Å². The van der Waals surface area contributed by atoms with Gasteiger partial charge in [-0.05, 0) is 63.5 Å². The first-order valence-corrected chi connectivity index (χ1v) is 12.3. The molecule has 0 aliphatic carbocycles. The molecule has 0 aliphatic heterocycles. The van der Waals surface area contributed by atoms with Crippen molar-refractivity contribution in [3.05, 3.63) is 0 Å². The van der Waals surface area contributed by atoms with Gasteiger partial charge in [0.05, 0.1) is 6.04 Å². The van der Waals surface area contributed by atoms with Gasteiger partial charge in [-0.15, -0.1) is 0 Å². The van der Waals surface area contributed by atoms with E-state index in [0.29, 0.717) is 51.6 Å². The van der Waals surface area contributed by atoms with Crippen molar-refractivity contribution in [2.45, 2.75) is 96.8 Å². The summed E-state index contributed by atoms with van der Waals surface area (Å²) in [5.74, 6) is -2.18. The molecule has 0 radical (unpaired) electrons. The number of amides is 4. The Bertz CT molecular complexity index is 643. The largest absolute Gasteiger partial charge is 0.368 e. The highest BCUT2D eigenvalue weighted by molar-refractivity contribution is 5.94. The zero-order valence-electron chi connectivity index (χ0n) is 21.3. The molecular weight excluding hydrogens is 438 g/mol. The number of hydrogen-bond donors (Lipinski definition) is 7. The SMILES string of the molecule is CC(C)C[C@H](NC(=O)[C@@H](NC(=O)[C@H](CCCCN)NC(=O)[C@@H](N)CCCCN)C(C)C)C(N)=O. The molecule has 0 aromatic heterocycles. The molecule has 11 N–H and O–H groups in total. The molecule has 34 heavy (non-hydrogen) atoms. The first-order chi connectivity index (χ1) is 15.9. The van der Waals surface area contributed by atoms with Gasteiger partial charge >= 0.3 is 0 Å². The van der Waals surface area contributed by atoms with Gasteiger partial charge in [0.25, 0.3) is 0 Å². The highest BCUT2D eigenvalue weighted by Crippen LogP contribution is 2.09. The summed E-state index contributed by atoms with van der Waals surface area (Å²) in [5.41, 5.74) is 22.5. The standard InChI is InChI=1S/C23H47N7O4/c1-14(2)13-18(20(27)31)29-23(34)19(15(3)4)30-22(33)17(10-6-8-12-25)28-21(32)16(26)9-5-7-11-24/h14-19H,5-13,24-26H2,1-4H3,(H2,27,31)(H,28,32)(H,29,34)(H,30,33)/t16-,17-,18-,19-/m0/s1. The zero-order valence-corrected chi connectivity index (χ0v) is 21.3. The molecule has 4 amide bonds. The fraction of sp³-hybridized carbons (Fsp3) is 0.826. The summed E-state index contributed by atoms with van der Waals surface area (Å²) in [7, 11) is 0. The van der Waals surface area contributed by atoms with Crippen molar-refractivity contribution in [1.29, 1.82) is 0 Å². The number of rotatable bonds is 18. The summed E-state index contributed by atoms with van der Waals surface area (Å²) in [5, 5.41) is 8.10.